The maximum Gasteiger partial charge on any atom is 0.272 e. The zero-order valence-electron chi connectivity index (χ0n) is 9.89. The van der Waals surface area contributed by atoms with E-state index in [-0.39, 0.29) is 18.1 Å². The zero-order chi connectivity index (χ0) is 12.4. The summed E-state index contributed by atoms with van der Waals surface area (Å²) in [5.41, 5.74) is 0.388. The summed E-state index contributed by atoms with van der Waals surface area (Å²) in [4.78, 5) is 18.0. The first-order chi connectivity index (χ1) is 8.06. The molecule has 1 aromatic heterocycles. The Morgan fingerprint density at radius 2 is 2.06 bits per heavy atom. The minimum atomic E-state index is -0.0884. The monoisotopic (exact) mass is 254 g/mol. The summed E-state index contributed by atoms with van der Waals surface area (Å²) in [5.74, 6) is -0.0884. The third-order valence-corrected chi connectivity index (χ3v) is 2.85. The number of amides is 1. The molecular formula is C12H15ClN2O2. The van der Waals surface area contributed by atoms with Gasteiger partial charge in [-0.3, -0.25) is 4.79 Å². The number of hydrogen-bond acceptors (Lipinski definition) is 3. The van der Waals surface area contributed by atoms with Crippen LogP contribution in [-0.4, -0.2) is 41.1 Å². The lowest BCUT2D eigenvalue weighted by atomic mass is 10.2. The van der Waals surface area contributed by atoms with Crippen LogP contribution >= 0.6 is 11.6 Å². The molecule has 0 aliphatic carbocycles. The number of halogens is 1. The highest BCUT2D eigenvalue weighted by molar-refractivity contribution is 6.29. The van der Waals surface area contributed by atoms with Crippen molar-refractivity contribution in [3.05, 3.63) is 29.0 Å². The predicted molar refractivity (Wildman–Crippen MR) is 65.2 cm³/mol. The molecule has 2 rings (SSSR count). The van der Waals surface area contributed by atoms with Crippen LogP contribution < -0.4 is 0 Å². The molecule has 1 saturated heterocycles. The minimum absolute atomic E-state index is 0.0573. The number of carbonyl (C=O) groups is 1. The van der Waals surface area contributed by atoms with Crippen LogP contribution in [0.4, 0.5) is 0 Å². The van der Waals surface area contributed by atoms with E-state index in [9.17, 15) is 4.79 Å². The highest BCUT2D eigenvalue weighted by Crippen LogP contribution is 2.14. The van der Waals surface area contributed by atoms with Gasteiger partial charge in [-0.2, -0.15) is 0 Å². The number of nitrogens with zero attached hydrogens (tertiary/aromatic N) is 2. The third-order valence-electron chi connectivity index (χ3n) is 2.64. The van der Waals surface area contributed by atoms with Gasteiger partial charge in [0.15, 0.2) is 0 Å². The number of hydrogen-bond donors (Lipinski definition) is 0. The van der Waals surface area contributed by atoms with E-state index in [0.717, 1.165) is 0 Å². The Morgan fingerprint density at radius 1 is 1.41 bits per heavy atom. The van der Waals surface area contributed by atoms with Crippen molar-refractivity contribution in [3.63, 3.8) is 0 Å². The Balaban J connectivity index is 2.14. The second-order valence-electron chi connectivity index (χ2n) is 4.31. The summed E-state index contributed by atoms with van der Waals surface area (Å²) in [7, 11) is 0. The first kappa shape index (κ1) is 12.3. The lowest BCUT2D eigenvalue weighted by Gasteiger charge is -2.35. The molecule has 0 spiro atoms. The normalized spacial score (nSPS) is 24.8. The quantitative estimate of drug-likeness (QED) is 0.720. The number of rotatable bonds is 1. The first-order valence-corrected chi connectivity index (χ1v) is 6.01. The molecule has 2 atom stereocenters. The SMILES string of the molecule is C[C@@H]1CN(C(=O)c2cccc(Cl)n2)C[C@H](C)O1. The standard InChI is InChI=1S/C12H15ClN2O2/c1-8-6-15(7-9(2)17-8)12(16)10-4-3-5-11(13)14-10/h3-5,8-9H,6-7H2,1-2H3/t8-,9+. The summed E-state index contributed by atoms with van der Waals surface area (Å²) in [6.45, 7) is 5.11. The van der Waals surface area contributed by atoms with E-state index in [4.69, 9.17) is 16.3 Å². The lowest BCUT2D eigenvalue weighted by molar-refractivity contribution is -0.0587. The van der Waals surface area contributed by atoms with Crippen LogP contribution in [0, 0.1) is 0 Å². The first-order valence-electron chi connectivity index (χ1n) is 5.63. The van der Waals surface area contributed by atoms with Crippen molar-refractivity contribution in [2.75, 3.05) is 13.1 Å². The summed E-state index contributed by atoms with van der Waals surface area (Å²) in [6.07, 6.45) is 0.115. The summed E-state index contributed by atoms with van der Waals surface area (Å²) in [5, 5.41) is 0.338. The second kappa shape index (κ2) is 5.02. The van der Waals surface area contributed by atoms with Gasteiger partial charge in [-0.25, -0.2) is 4.98 Å². The van der Waals surface area contributed by atoms with Gasteiger partial charge in [0.05, 0.1) is 12.2 Å². The number of pyridine rings is 1. The highest BCUT2D eigenvalue weighted by atomic mass is 35.5. The fraction of sp³-hybridized carbons (Fsp3) is 0.500. The van der Waals surface area contributed by atoms with Gasteiger partial charge in [-0.05, 0) is 26.0 Å². The molecular weight excluding hydrogens is 240 g/mol. The van der Waals surface area contributed by atoms with Crippen molar-refractivity contribution in [1.82, 2.24) is 9.88 Å². The Kier molecular flexibility index (Phi) is 3.64. The Labute approximate surface area is 106 Å². The van der Waals surface area contributed by atoms with Crippen molar-refractivity contribution in [3.8, 4) is 0 Å². The second-order valence-corrected chi connectivity index (χ2v) is 4.70. The van der Waals surface area contributed by atoms with Crippen LogP contribution in [0.5, 0.6) is 0 Å². The molecule has 4 nitrogen and oxygen atoms in total. The smallest absolute Gasteiger partial charge is 0.272 e. The van der Waals surface area contributed by atoms with Gasteiger partial charge < -0.3 is 9.64 Å². The fourth-order valence-corrected chi connectivity index (χ4v) is 2.20. The van der Waals surface area contributed by atoms with Crippen LogP contribution in [0.25, 0.3) is 0 Å². The van der Waals surface area contributed by atoms with Crippen molar-refractivity contribution in [1.29, 1.82) is 0 Å². The van der Waals surface area contributed by atoms with Gasteiger partial charge in [0.1, 0.15) is 10.8 Å². The maximum absolute atomic E-state index is 12.2. The highest BCUT2D eigenvalue weighted by Gasteiger charge is 2.27. The van der Waals surface area contributed by atoms with E-state index in [1.165, 1.54) is 0 Å². The lowest BCUT2D eigenvalue weighted by Crippen LogP contribution is -2.48. The summed E-state index contributed by atoms with van der Waals surface area (Å²) < 4.78 is 5.59. The van der Waals surface area contributed by atoms with Crippen LogP contribution in [0.3, 0.4) is 0 Å². The number of morpholine rings is 1. The van der Waals surface area contributed by atoms with Gasteiger partial charge in [0.25, 0.3) is 5.91 Å². The molecule has 1 aliphatic heterocycles. The molecule has 1 amide bonds. The molecule has 0 aromatic carbocycles. The molecule has 0 radical (unpaired) electrons. The minimum Gasteiger partial charge on any atom is -0.372 e. The predicted octanol–water partition coefficient (Wildman–Crippen LogP) is 1.98. The largest absolute Gasteiger partial charge is 0.372 e. The number of carbonyl (C=O) groups excluding carboxylic acids is 1. The van der Waals surface area contributed by atoms with Crippen molar-refractivity contribution < 1.29 is 9.53 Å². The average Bonchev–Trinajstić information content (AvgIpc) is 2.26. The van der Waals surface area contributed by atoms with Crippen LogP contribution in [0.2, 0.25) is 5.15 Å². The van der Waals surface area contributed by atoms with Gasteiger partial charge in [-0.1, -0.05) is 17.7 Å². The van der Waals surface area contributed by atoms with E-state index in [1.54, 1.807) is 23.1 Å². The average molecular weight is 255 g/mol. The maximum atomic E-state index is 12.2. The van der Waals surface area contributed by atoms with Crippen molar-refractivity contribution in [2.45, 2.75) is 26.1 Å². The van der Waals surface area contributed by atoms with Crippen molar-refractivity contribution in [2.24, 2.45) is 0 Å². The summed E-state index contributed by atoms with van der Waals surface area (Å²) in [6, 6.07) is 5.07. The van der Waals surface area contributed by atoms with Crippen LogP contribution in [0.1, 0.15) is 24.3 Å². The molecule has 1 aromatic rings. The van der Waals surface area contributed by atoms with E-state index in [0.29, 0.717) is 23.9 Å². The molecule has 2 heterocycles. The van der Waals surface area contributed by atoms with Gasteiger partial charge in [0, 0.05) is 13.1 Å². The van der Waals surface area contributed by atoms with Crippen LogP contribution in [0.15, 0.2) is 18.2 Å². The van der Waals surface area contributed by atoms with Crippen molar-refractivity contribution >= 4 is 17.5 Å². The molecule has 17 heavy (non-hydrogen) atoms. The Bertz CT molecular complexity index is 415. The Hall–Kier alpha value is -1.13. The number of ether oxygens (including phenoxy) is 1. The van der Waals surface area contributed by atoms with Crippen LogP contribution in [-0.2, 0) is 4.74 Å². The topological polar surface area (TPSA) is 42.4 Å². The molecule has 0 saturated carbocycles. The Morgan fingerprint density at radius 3 is 2.65 bits per heavy atom. The molecule has 0 bridgehead atoms. The molecule has 1 aliphatic rings. The molecule has 0 unspecified atom stereocenters. The van der Waals surface area contributed by atoms with Gasteiger partial charge in [0.2, 0.25) is 0 Å². The fourth-order valence-electron chi connectivity index (χ4n) is 2.03. The molecule has 0 N–H and O–H groups in total. The molecule has 1 fully saturated rings. The van der Waals surface area contributed by atoms with E-state index in [1.807, 2.05) is 13.8 Å². The zero-order valence-corrected chi connectivity index (χ0v) is 10.6. The molecule has 92 valence electrons. The van der Waals surface area contributed by atoms with Gasteiger partial charge in [-0.15, -0.1) is 0 Å². The third kappa shape index (κ3) is 2.96. The van der Waals surface area contributed by atoms with E-state index in [2.05, 4.69) is 4.98 Å². The van der Waals surface area contributed by atoms with E-state index >= 15 is 0 Å². The number of aromatic nitrogens is 1. The summed E-state index contributed by atoms with van der Waals surface area (Å²) >= 11 is 5.78. The van der Waals surface area contributed by atoms with E-state index < -0.39 is 0 Å². The van der Waals surface area contributed by atoms with Gasteiger partial charge >= 0.3 is 0 Å². The molecule has 5 heteroatoms.